The van der Waals surface area contributed by atoms with Gasteiger partial charge >= 0.3 is 5.97 Å². The first-order valence-electron chi connectivity index (χ1n) is 7.03. The van der Waals surface area contributed by atoms with Gasteiger partial charge in [0, 0.05) is 25.8 Å². The molecule has 22 heavy (non-hydrogen) atoms. The number of nitrogens with zero attached hydrogens (tertiary/aromatic N) is 2. The first-order valence-corrected chi connectivity index (χ1v) is 7.03. The molecule has 2 N–H and O–H groups in total. The molecule has 0 spiro atoms. The zero-order chi connectivity index (χ0) is 15.9. The van der Waals surface area contributed by atoms with E-state index in [0.29, 0.717) is 12.1 Å². The number of para-hydroxylation sites is 1. The third-order valence-electron chi connectivity index (χ3n) is 3.15. The molecule has 1 aromatic rings. The SMILES string of the molecule is O=C(O)CCCNC(=O)C1=NN(c2ccccc2)C(=O)CC1. The van der Waals surface area contributed by atoms with Crippen LogP contribution in [-0.4, -0.2) is 35.1 Å². The van der Waals surface area contributed by atoms with Gasteiger partial charge in [0.2, 0.25) is 5.91 Å². The quantitative estimate of drug-likeness (QED) is 0.770. The van der Waals surface area contributed by atoms with Crippen LogP contribution in [0.4, 0.5) is 5.69 Å². The lowest BCUT2D eigenvalue weighted by atomic mass is 10.1. The summed E-state index contributed by atoms with van der Waals surface area (Å²) < 4.78 is 0. The number of carboxylic acid groups (broad SMARTS) is 1. The average Bonchev–Trinajstić information content (AvgIpc) is 2.52. The molecule has 2 amide bonds. The second kappa shape index (κ2) is 7.35. The van der Waals surface area contributed by atoms with Gasteiger partial charge in [0.15, 0.2) is 0 Å². The van der Waals surface area contributed by atoms with Gasteiger partial charge in [0.05, 0.1) is 5.69 Å². The van der Waals surface area contributed by atoms with Crippen molar-refractivity contribution in [1.29, 1.82) is 0 Å². The molecule has 1 aromatic carbocycles. The Balaban J connectivity index is 1.99. The van der Waals surface area contributed by atoms with Gasteiger partial charge in [0.25, 0.3) is 5.91 Å². The molecule has 7 heteroatoms. The van der Waals surface area contributed by atoms with Crippen molar-refractivity contribution in [1.82, 2.24) is 5.32 Å². The standard InChI is InChI=1S/C15H17N3O4/c19-13-9-8-12(15(22)16-10-4-7-14(20)21)17-18(13)11-5-2-1-3-6-11/h1-3,5-6H,4,7-10H2,(H,16,22)(H,20,21). The summed E-state index contributed by atoms with van der Waals surface area (Å²) in [5.41, 5.74) is 0.891. The van der Waals surface area contributed by atoms with Crippen molar-refractivity contribution in [2.24, 2.45) is 5.10 Å². The summed E-state index contributed by atoms with van der Waals surface area (Å²) in [5.74, 6) is -1.42. The third kappa shape index (κ3) is 4.15. The molecule has 0 fully saturated rings. The van der Waals surface area contributed by atoms with Crippen LogP contribution in [0, 0.1) is 0 Å². The Hall–Kier alpha value is -2.70. The Kier molecular flexibility index (Phi) is 5.24. The fourth-order valence-electron chi connectivity index (χ4n) is 2.03. The van der Waals surface area contributed by atoms with Gasteiger partial charge in [-0.15, -0.1) is 0 Å². The Bertz CT molecular complexity index is 598. The topological polar surface area (TPSA) is 99.1 Å². The van der Waals surface area contributed by atoms with Crippen molar-refractivity contribution >= 4 is 29.2 Å². The number of hydrogen-bond donors (Lipinski definition) is 2. The van der Waals surface area contributed by atoms with E-state index < -0.39 is 5.97 Å². The number of benzene rings is 1. The number of carbonyl (C=O) groups is 3. The van der Waals surface area contributed by atoms with Crippen molar-refractivity contribution in [2.75, 3.05) is 11.6 Å². The molecule has 1 aliphatic heterocycles. The van der Waals surface area contributed by atoms with Crippen molar-refractivity contribution < 1.29 is 19.5 Å². The number of carbonyl (C=O) groups excluding carboxylic acids is 2. The maximum atomic E-state index is 12.0. The monoisotopic (exact) mass is 303 g/mol. The van der Waals surface area contributed by atoms with Crippen molar-refractivity contribution in [3.8, 4) is 0 Å². The number of nitrogens with one attached hydrogen (secondary N) is 1. The Morgan fingerprint density at radius 3 is 2.64 bits per heavy atom. The van der Waals surface area contributed by atoms with E-state index in [0.717, 1.165) is 0 Å². The molecule has 0 atom stereocenters. The molecular weight excluding hydrogens is 286 g/mol. The van der Waals surface area contributed by atoms with E-state index in [1.54, 1.807) is 24.3 Å². The van der Waals surface area contributed by atoms with Gasteiger partial charge < -0.3 is 10.4 Å². The summed E-state index contributed by atoms with van der Waals surface area (Å²) in [4.78, 5) is 34.3. The van der Waals surface area contributed by atoms with Gasteiger partial charge in [-0.05, 0) is 18.6 Å². The molecule has 0 aliphatic carbocycles. The molecule has 0 bridgehead atoms. The lowest BCUT2D eigenvalue weighted by Gasteiger charge is -2.23. The van der Waals surface area contributed by atoms with Crippen LogP contribution in [0.5, 0.6) is 0 Å². The van der Waals surface area contributed by atoms with Crippen molar-refractivity contribution in [3.05, 3.63) is 30.3 Å². The van der Waals surface area contributed by atoms with Gasteiger partial charge in [0.1, 0.15) is 5.71 Å². The smallest absolute Gasteiger partial charge is 0.303 e. The first-order chi connectivity index (χ1) is 10.6. The zero-order valence-corrected chi connectivity index (χ0v) is 12.0. The van der Waals surface area contributed by atoms with Crippen LogP contribution in [0.2, 0.25) is 0 Å². The summed E-state index contributed by atoms with van der Waals surface area (Å²) in [6.45, 7) is 0.267. The largest absolute Gasteiger partial charge is 0.481 e. The van der Waals surface area contributed by atoms with Crippen molar-refractivity contribution in [2.45, 2.75) is 25.7 Å². The number of hydrogen-bond acceptors (Lipinski definition) is 4. The predicted molar refractivity (Wildman–Crippen MR) is 80.5 cm³/mol. The number of anilines is 1. The Morgan fingerprint density at radius 2 is 1.95 bits per heavy atom. The highest BCUT2D eigenvalue weighted by molar-refractivity contribution is 6.40. The minimum absolute atomic E-state index is 0.00137. The second-order valence-electron chi connectivity index (χ2n) is 4.84. The minimum Gasteiger partial charge on any atom is -0.481 e. The highest BCUT2D eigenvalue weighted by Crippen LogP contribution is 2.19. The molecule has 0 saturated carbocycles. The van der Waals surface area contributed by atoms with E-state index in [1.165, 1.54) is 5.01 Å². The fourth-order valence-corrected chi connectivity index (χ4v) is 2.03. The fraction of sp³-hybridized carbons (Fsp3) is 0.333. The van der Waals surface area contributed by atoms with E-state index >= 15 is 0 Å². The Morgan fingerprint density at radius 1 is 1.23 bits per heavy atom. The number of aliphatic carboxylic acids is 1. The van der Waals surface area contributed by atoms with Crippen LogP contribution in [0.3, 0.4) is 0 Å². The van der Waals surface area contributed by atoms with Crippen LogP contribution in [0.15, 0.2) is 35.4 Å². The summed E-state index contributed by atoms with van der Waals surface area (Å²) in [6.07, 6.45) is 0.861. The average molecular weight is 303 g/mol. The van der Waals surface area contributed by atoms with Crippen LogP contribution >= 0.6 is 0 Å². The Labute approximate surface area is 127 Å². The number of amides is 2. The molecule has 0 unspecified atom stereocenters. The van der Waals surface area contributed by atoms with Gasteiger partial charge in [-0.25, -0.2) is 5.01 Å². The number of rotatable bonds is 6. The van der Waals surface area contributed by atoms with Gasteiger partial charge in [-0.1, -0.05) is 18.2 Å². The second-order valence-corrected chi connectivity index (χ2v) is 4.84. The van der Waals surface area contributed by atoms with Gasteiger partial charge in [-0.3, -0.25) is 14.4 Å². The first kappa shape index (κ1) is 15.7. The van der Waals surface area contributed by atoms with Gasteiger partial charge in [-0.2, -0.15) is 5.10 Å². The molecule has 1 aliphatic rings. The third-order valence-corrected chi connectivity index (χ3v) is 3.15. The number of hydrazone groups is 1. The van der Waals surface area contributed by atoms with E-state index in [2.05, 4.69) is 10.4 Å². The molecular formula is C15H17N3O4. The summed E-state index contributed by atoms with van der Waals surface area (Å²) in [5, 5.41) is 16.5. The maximum Gasteiger partial charge on any atom is 0.303 e. The molecule has 2 rings (SSSR count). The van der Waals surface area contributed by atoms with E-state index in [4.69, 9.17) is 5.11 Å². The number of carboxylic acids is 1. The zero-order valence-electron chi connectivity index (χ0n) is 12.0. The normalized spacial score (nSPS) is 14.5. The van der Waals surface area contributed by atoms with Crippen LogP contribution < -0.4 is 10.3 Å². The van der Waals surface area contributed by atoms with E-state index in [9.17, 15) is 14.4 Å². The molecule has 7 nitrogen and oxygen atoms in total. The van der Waals surface area contributed by atoms with Crippen LogP contribution in [0.1, 0.15) is 25.7 Å². The van der Waals surface area contributed by atoms with E-state index in [1.807, 2.05) is 6.07 Å². The molecule has 116 valence electrons. The van der Waals surface area contributed by atoms with Crippen LogP contribution in [-0.2, 0) is 14.4 Å². The lowest BCUT2D eigenvalue weighted by Crippen LogP contribution is -2.39. The molecule has 0 saturated heterocycles. The minimum atomic E-state index is -0.898. The lowest BCUT2D eigenvalue weighted by molar-refractivity contribution is -0.137. The predicted octanol–water partition coefficient (Wildman–Crippen LogP) is 1.15. The summed E-state index contributed by atoms with van der Waals surface area (Å²) in [6, 6.07) is 8.90. The van der Waals surface area contributed by atoms with E-state index in [-0.39, 0.29) is 43.3 Å². The maximum absolute atomic E-state index is 12.0. The molecule has 0 aromatic heterocycles. The molecule has 1 heterocycles. The highest BCUT2D eigenvalue weighted by atomic mass is 16.4. The van der Waals surface area contributed by atoms with Crippen molar-refractivity contribution in [3.63, 3.8) is 0 Å². The van der Waals surface area contributed by atoms with Crippen LogP contribution in [0.25, 0.3) is 0 Å². The molecule has 0 radical (unpaired) electrons. The summed E-state index contributed by atoms with van der Waals surface area (Å²) in [7, 11) is 0. The summed E-state index contributed by atoms with van der Waals surface area (Å²) >= 11 is 0. The highest BCUT2D eigenvalue weighted by Gasteiger charge is 2.25.